The van der Waals surface area contributed by atoms with Gasteiger partial charge >= 0.3 is 0 Å². The first-order valence-corrected chi connectivity index (χ1v) is 8.26. The molecular weight excluding hydrogens is 308 g/mol. The van der Waals surface area contributed by atoms with Gasteiger partial charge in [0.15, 0.2) is 11.5 Å². The van der Waals surface area contributed by atoms with Gasteiger partial charge in [0.05, 0.1) is 12.6 Å². The van der Waals surface area contributed by atoms with Crippen LogP contribution in [0, 0.1) is 6.92 Å². The van der Waals surface area contributed by atoms with E-state index in [2.05, 4.69) is 20.9 Å². The maximum atomic E-state index is 11.8. The van der Waals surface area contributed by atoms with Crippen molar-refractivity contribution in [2.45, 2.75) is 32.2 Å². The summed E-state index contributed by atoms with van der Waals surface area (Å²) in [5, 5.41) is 8.51. The second-order valence-electron chi connectivity index (χ2n) is 6.00. The number of oxazole rings is 1. The number of benzene rings is 1. The van der Waals surface area contributed by atoms with E-state index in [1.165, 1.54) is 0 Å². The molecule has 128 valence electrons. The number of nitrogens with zero attached hydrogens (tertiary/aromatic N) is 1. The van der Waals surface area contributed by atoms with Gasteiger partial charge in [-0.25, -0.2) is 4.98 Å². The predicted molar refractivity (Wildman–Crippen MR) is 89.5 cm³/mol. The topological polar surface area (TPSA) is 96.3 Å². The summed E-state index contributed by atoms with van der Waals surface area (Å²) in [4.78, 5) is 28.0. The average Bonchev–Trinajstić information content (AvgIpc) is 3.22. The number of amides is 2. The zero-order valence-corrected chi connectivity index (χ0v) is 13.7. The van der Waals surface area contributed by atoms with Crippen LogP contribution in [0.15, 0.2) is 22.6 Å². The van der Waals surface area contributed by atoms with Crippen molar-refractivity contribution >= 4 is 22.9 Å². The fraction of sp³-hybridized carbons (Fsp3) is 0.471. The van der Waals surface area contributed by atoms with Crippen molar-refractivity contribution in [3.05, 3.63) is 29.7 Å². The maximum Gasteiger partial charge on any atom is 0.239 e. The molecule has 1 fully saturated rings. The Bertz CT molecular complexity index is 735. The van der Waals surface area contributed by atoms with Crippen LogP contribution in [0.5, 0.6) is 0 Å². The van der Waals surface area contributed by atoms with Gasteiger partial charge in [-0.05, 0) is 37.9 Å². The smallest absolute Gasteiger partial charge is 0.239 e. The highest BCUT2D eigenvalue weighted by Gasteiger charge is 2.21. The maximum absolute atomic E-state index is 11.8. The Balaban J connectivity index is 1.41. The second kappa shape index (κ2) is 7.44. The molecule has 1 aromatic carbocycles. The van der Waals surface area contributed by atoms with Gasteiger partial charge in [-0.15, -0.1) is 0 Å². The first-order chi connectivity index (χ1) is 11.6. The molecule has 0 bridgehead atoms. The lowest BCUT2D eigenvalue weighted by molar-refractivity contribution is -0.127. The van der Waals surface area contributed by atoms with Crippen LogP contribution in [0.4, 0.5) is 0 Å². The molecule has 0 aliphatic carbocycles. The number of hydrogen-bond acceptors (Lipinski definition) is 5. The van der Waals surface area contributed by atoms with Crippen molar-refractivity contribution in [2.24, 2.45) is 0 Å². The molecule has 24 heavy (non-hydrogen) atoms. The lowest BCUT2D eigenvalue weighted by Crippen LogP contribution is -2.44. The molecule has 1 unspecified atom stereocenters. The van der Waals surface area contributed by atoms with Gasteiger partial charge < -0.3 is 20.4 Å². The normalized spacial score (nSPS) is 17.1. The van der Waals surface area contributed by atoms with Crippen molar-refractivity contribution in [2.75, 3.05) is 19.6 Å². The Kier molecular flexibility index (Phi) is 5.10. The minimum atomic E-state index is -0.214. The molecule has 2 heterocycles. The Morgan fingerprint density at radius 3 is 3.00 bits per heavy atom. The molecule has 3 rings (SSSR count). The number of para-hydroxylation sites is 1. The molecule has 1 saturated heterocycles. The summed E-state index contributed by atoms with van der Waals surface area (Å²) in [6.07, 6.45) is 2.33. The van der Waals surface area contributed by atoms with Gasteiger partial charge in [-0.2, -0.15) is 0 Å². The molecule has 0 saturated carbocycles. The third kappa shape index (κ3) is 3.91. The SMILES string of the molecule is Cc1cccc2oc(CCNC(=O)CNC(=O)C3CCCN3)nc12. The summed E-state index contributed by atoms with van der Waals surface area (Å²) in [5.41, 5.74) is 2.68. The van der Waals surface area contributed by atoms with Crippen molar-refractivity contribution in [1.82, 2.24) is 20.9 Å². The van der Waals surface area contributed by atoms with E-state index in [0.717, 1.165) is 36.0 Å². The van der Waals surface area contributed by atoms with E-state index in [9.17, 15) is 9.59 Å². The lowest BCUT2D eigenvalue weighted by atomic mass is 10.2. The standard InChI is InChI=1S/C17H22N4O3/c1-11-4-2-6-13-16(11)21-15(24-13)7-9-19-14(22)10-20-17(23)12-5-3-8-18-12/h2,4,6,12,18H,3,5,7-10H2,1H3,(H,19,22)(H,20,23). The van der Waals surface area contributed by atoms with Crippen molar-refractivity contribution < 1.29 is 14.0 Å². The zero-order valence-electron chi connectivity index (χ0n) is 13.7. The van der Waals surface area contributed by atoms with Crippen LogP contribution in [0.2, 0.25) is 0 Å². The largest absolute Gasteiger partial charge is 0.441 e. The van der Waals surface area contributed by atoms with Gasteiger partial charge in [0.2, 0.25) is 11.8 Å². The molecule has 1 aliphatic rings. The predicted octanol–water partition coefficient (Wildman–Crippen LogP) is 0.663. The zero-order chi connectivity index (χ0) is 16.9. The van der Waals surface area contributed by atoms with E-state index in [1.807, 2.05) is 25.1 Å². The van der Waals surface area contributed by atoms with Crippen molar-refractivity contribution in [3.63, 3.8) is 0 Å². The summed E-state index contributed by atoms with van der Waals surface area (Å²) >= 11 is 0. The fourth-order valence-electron chi connectivity index (χ4n) is 2.81. The quantitative estimate of drug-likeness (QED) is 0.723. The minimum absolute atomic E-state index is 0.0102. The van der Waals surface area contributed by atoms with Crippen LogP contribution in [-0.2, 0) is 16.0 Å². The lowest BCUT2D eigenvalue weighted by Gasteiger charge is -2.10. The van der Waals surface area contributed by atoms with Gasteiger partial charge in [0, 0.05) is 13.0 Å². The summed E-state index contributed by atoms with van der Waals surface area (Å²) in [5.74, 6) is 0.268. The summed E-state index contributed by atoms with van der Waals surface area (Å²) in [7, 11) is 0. The Morgan fingerprint density at radius 1 is 1.38 bits per heavy atom. The van der Waals surface area contributed by atoms with Crippen LogP contribution in [0.25, 0.3) is 11.1 Å². The first-order valence-electron chi connectivity index (χ1n) is 8.26. The molecule has 0 radical (unpaired) electrons. The number of aryl methyl sites for hydroxylation is 1. The summed E-state index contributed by atoms with van der Waals surface area (Å²) < 4.78 is 5.66. The van der Waals surface area contributed by atoms with Gasteiger partial charge in [0.25, 0.3) is 0 Å². The first kappa shape index (κ1) is 16.4. The third-order valence-electron chi connectivity index (χ3n) is 4.13. The monoisotopic (exact) mass is 330 g/mol. The molecular formula is C17H22N4O3. The second-order valence-corrected chi connectivity index (χ2v) is 6.00. The van der Waals surface area contributed by atoms with Crippen molar-refractivity contribution in [1.29, 1.82) is 0 Å². The highest BCUT2D eigenvalue weighted by atomic mass is 16.3. The molecule has 1 aliphatic heterocycles. The van der Waals surface area contributed by atoms with E-state index >= 15 is 0 Å². The number of carbonyl (C=O) groups is 2. The average molecular weight is 330 g/mol. The number of fused-ring (bicyclic) bond motifs is 1. The third-order valence-corrected chi connectivity index (χ3v) is 4.13. The highest BCUT2D eigenvalue weighted by Crippen LogP contribution is 2.18. The van der Waals surface area contributed by atoms with E-state index < -0.39 is 0 Å². The van der Waals surface area contributed by atoms with Crippen LogP contribution < -0.4 is 16.0 Å². The summed E-state index contributed by atoms with van der Waals surface area (Å²) in [6.45, 7) is 3.25. The van der Waals surface area contributed by atoms with Gasteiger partial charge in [-0.3, -0.25) is 9.59 Å². The molecule has 1 aromatic heterocycles. The molecule has 1 atom stereocenters. The van der Waals surface area contributed by atoms with Gasteiger partial charge in [0.1, 0.15) is 5.52 Å². The highest BCUT2D eigenvalue weighted by molar-refractivity contribution is 5.87. The van der Waals surface area contributed by atoms with E-state index in [0.29, 0.717) is 18.9 Å². The van der Waals surface area contributed by atoms with Crippen LogP contribution in [0.3, 0.4) is 0 Å². The Morgan fingerprint density at radius 2 is 2.25 bits per heavy atom. The number of aromatic nitrogens is 1. The van der Waals surface area contributed by atoms with Crippen LogP contribution in [-0.4, -0.2) is 42.5 Å². The fourth-order valence-corrected chi connectivity index (χ4v) is 2.81. The molecule has 3 N–H and O–H groups in total. The Hall–Kier alpha value is -2.41. The molecule has 7 heteroatoms. The van der Waals surface area contributed by atoms with Crippen LogP contribution >= 0.6 is 0 Å². The molecule has 7 nitrogen and oxygen atoms in total. The van der Waals surface area contributed by atoms with Crippen LogP contribution in [0.1, 0.15) is 24.3 Å². The minimum Gasteiger partial charge on any atom is -0.441 e. The number of nitrogens with one attached hydrogen (secondary N) is 3. The molecule has 2 amide bonds. The van der Waals surface area contributed by atoms with E-state index in [4.69, 9.17) is 4.42 Å². The Labute approximate surface area is 140 Å². The summed E-state index contributed by atoms with van der Waals surface area (Å²) in [6, 6.07) is 5.62. The number of carbonyl (C=O) groups excluding carboxylic acids is 2. The number of hydrogen-bond donors (Lipinski definition) is 3. The van der Waals surface area contributed by atoms with Crippen molar-refractivity contribution in [3.8, 4) is 0 Å². The van der Waals surface area contributed by atoms with E-state index in [-0.39, 0.29) is 24.4 Å². The number of rotatable bonds is 6. The molecule has 2 aromatic rings. The van der Waals surface area contributed by atoms with Gasteiger partial charge in [-0.1, -0.05) is 12.1 Å². The molecule has 0 spiro atoms. The van der Waals surface area contributed by atoms with E-state index in [1.54, 1.807) is 0 Å².